The molecule has 1 aliphatic rings. The van der Waals surface area contributed by atoms with Crippen LogP contribution in [-0.2, 0) is 9.53 Å². The van der Waals surface area contributed by atoms with Crippen molar-refractivity contribution in [1.29, 1.82) is 0 Å². The number of Topliss-reactive ketones (excluding diaryl/α,β-unsaturated/α-hetero) is 1. The molecule has 0 bridgehead atoms. The minimum atomic E-state index is -0.513. The van der Waals surface area contributed by atoms with Crippen LogP contribution >= 0.6 is 0 Å². The van der Waals surface area contributed by atoms with E-state index in [4.69, 9.17) is 4.74 Å². The zero-order valence-electron chi connectivity index (χ0n) is 12.3. The number of ether oxygens (including phenoxy) is 1. The van der Waals surface area contributed by atoms with Gasteiger partial charge in [0.05, 0.1) is 5.92 Å². The molecule has 1 fully saturated rings. The number of carbonyl (C=O) groups excluding carboxylic acids is 2. The summed E-state index contributed by atoms with van der Waals surface area (Å²) in [5, 5.41) is 0. The summed E-state index contributed by atoms with van der Waals surface area (Å²) in [5.74, 6) is -0.0477. The molecule has 0 aliphatic carbocycles. The molecule has 0 unspecified atom stereocenters. The summed E-state index contributed by atoms with van der Waals surface area (Å²) in [7, 11) is 0. The van der Waals surface area contributed by atoms with Crippen LogP contribution in [0, 0.1) is 0 Å². The van der Waals surface area contributed by atoms with Crippen molar-refractivity contribution in [2.45, 2.75) is 38.7 Å². The van der Waals surface area contributed by atoms with Crippen molar-refractivity contribution in [3.63, 3.8) is 0 Å². The summed E-state index contributed by atoms with van der Waals surface area (Å²) >= 11 is 0. The Hall–Kier alpha value is -1.84. The fraction of sp³-hybridized carbons (Fsp3) is 0.500. The van der Waals surface area contributed by atoms with Gasteiger partial charge in [0.2, 0.25) is 0 Å². The smallest absolute Gasteiger partial charge is 0.410 e. The second-order valence-electron chi connectivity index (χ2n) is 6.11. The van der Waals surface area contributed by atoms with Crippen LogP contribution < -0.4 is 0 Å². The number of rotatable bonds is 1. The predicted octanol–water partition coefficient (Wildman–Crippen LogP) is 2.98. The molecule has 1 atom stereocenters. The third-order valence-corrected chi connectivity index (χ3v) is 3.27. The monoisotopic (exact) mass is 275 g/mol. The number of hydrogen-bond acceptors (Lipinski definition) is 3. The molecule has 0 N–H and O–H groups in total. The Labute approximate surface area is 119 Å². The van der Waals surface area contributed by atoms with Gasteiger partial charge in [-0.1, -0.05) is 30.3 Å². The molecule has 20 heavy (non-hydrogen) atoms. The molecule has 4 heteroatoms. The van der Waals surface area contributed by atoms with Crippen molar-refractivity contribution >= 4 is 11.9 Å². The number of piperidine rings is 1. The van der Waals surface area contributed by atoms with Crippen LogP contribution in [0.5, 0.6) is 0 Å². The van der Waals surface area contributed by atoms with E-state index in [-0.39, 0.29) is 17.8 Å². The normalized spacial score (nSPS) is 19.9. The quantitative estimate of drug-likeness (QED) is 0.791. The van der Waals surface area contributed by atoms with Crippen molar-refractivity contribution in [1.82, 2.24) is 4.90 Å². The summed E-state index contributed by atoms with van der Waals surface area (Å²) in [6.45, 7) is 6.37. The number of ketones is 1. The van der Waals surface area contributed by atoms with Crippen molar-refractivity contribution in [3.05, 3.63) is 35.9 Å². The molecular formula is C16H21NO3. The number of amides is 1. The number of nitrogens with zero attached hydrogens (tertiary/aromatic N) is 1. The fourth-order valence-corrected chi connectivity index (χ4v) is 2.30. The largest absolute Gasteiger partial charge is 0.444 e. The molecule has 1 aromatic rings. The predicted molar refractivity (Wildman–Crippen MR) is 76.6 cm³/mol. The Morgan fingerprint density at radius 2 is 1.90 bits per heavy atom. The highest BCUT2D eigenvalue weighted by molar-refractivity contribution is 5.88. The van der Waals surface area contributed by atoms with E-state index >= 15 is 0 Å². The van der Waals surface area contributed by atoms with E-state index in [9.17, 15) is 9.59 Å². The Morgan fingerprint density at radius 1 is 1.25 bits per heavy atom. The first-order valence-electron chi connectivity index (χ1n) is 6.92. The van der Waals surface area contributed by atoms with Gasteiger partial charge in [0.15, 0.2) is 0 Å². The van der Waals surface area contributed by atoms with Crippen molar-refractivity contribution in [3.8, 4) is 0 Å². The fourth-order valence-electron chi connectivity index (χ4n) is 2.30. The van der Waals surface area contributed by atoms with Crippen LogP contribution in [0.15, 0.2) is 30.3 Å². The Morgan fingerprint density at radius 3 is 2.50 bits per heavy atom. The molecule has 4 nitrogen and oxygen atoms in total. The highest BCUT2D eigenvalue weighted by Gasteiger charge is 2.32. The molecule has 1 heterocycles. The van der Waals surface area contributed by atoms with E-state index in [1.54, 1.807) is 4.90 Å². The van der Waals surface area contributed by atoms with Crippen molar-refractivity contribution in [2.75, 3.05) is 13.1 Å². The summed E-state index contributed by atoms with van der Waals surface area (Å²) in [4.78, 5) is 25.8. The first-order chi connectivity index (χ1) is 9.37. The average molecular weight is 275 g/mol. The summed E-state index contributed by atoms with van der Waals surface area (Å²) in [6, 6.07) is 9.61. The van der Waals surface area contributed by atoms with E-state index in [1.165, 1.54) is 0 Å². The van der Waals surface area contributed by atoms with Gasteiger partial charge in [-0.25, -0.2) is 4.79 Å². The van der Waals surface area contributed by atoms with Crippen LogP contribution in [-0.4, -0.2) is 35.5 Å². The van der Waals surface area contributed by atoms with Crippen molar-refractivity contribution < 1.29 is 14.3 Å². The van der Waals surface area contributed by atoms with Gasteiger partial charge in [0, 0.05) is 19.5 Å². The van der Waals surface area contributed by atoms with Crippen LogP contribution in [0.2, 0.25) is 0 Å². The highest BCUT2D eigenvalue weighted by Crippen LogP contribution is 2.25. The van der Waals surface area contributed by atoms with Crippen LogP contribution in [0.3, 0.4) is 0 Å². The molecule has 2 rings (SSSR count). The second-order valence-corrected chi connectivity index (χ2v) is 6.11. The van der Waals surface area contributed by atoms with Gasteiger partial charge in [0.1, 0.15) is 11.4 Å². The summed E-state index contributed by atoms with van der Waals surface area (Å²) in [6.07, 6.45) is 0.0460. The minimum absolute atomic E-state index is 0.191. The molecule has 0 aromatic heterocycles. The first-order valence-corrected chi connectivity index (χ1v) is 6.92. The van der Waals surface area contributed by atoms with Crippen LogP contribution in [0.4, 0.5) is 4.79 Å². The summed E-state index contributed by atoms with van der Waals surface area (Å²) in [5.41, 5.74) is 0.451. The topological polar surface area (TPSA) is 46.6 Å². The molecule has 0 radical (unpaired) electrons. The van der Waals surface area contributed by atoms with E-state index < -0.39 is 5.60 Å². The number of carbonyl (C=O) groups is 2. The Balaban J connectivity index is 2.09. The second kappa shape index (κ2) is 5.65. The maximum Gasteiger partial charge on any atom is 0.410 e. The lowest BCUT2D eigenvalue weighted by molar-refractivity contribution is -0.123. The lowest BCUT2D eigenvalue weighted by Crippen LogP contribution is -2.45. The zero-order valence-corrected chi connectivity index (χ0v) is 12.3. The van der Waals surface area contributed by atoms with E-state index in [0.29, 0.717) is 19.5 Å². The van der Waals surface area contributed by atoms with Gasteiger partial charge in [0.25, 0.3) is 0 Å². The lowest BCUT2D eigenvalue weighted by Gasteiger charge is -2.33. The highest BCUT2D eigenvalue weighted by atomic mass is 16.6. The zero-order chi connectivity index (χ0) is 14.8. The van der Waals surface area contributed by atoms with Gasteiger partial charge in [-0.3, -0.25) is 4.79 Å². The Bertz CT molecular complexity index is 490. The molecule has 0 spiro atoms. The molecule has 1 amide bonds. The van der Waals surface area contributed by atoms with E-state index in [2.05, 4.69) is 0 Å². The minimum Gasteiger partial charge on any atom is -0.444 e. The third kappa shape index (κ3) is 3.59. The van der Waals surface area contributed by atoms with Crippen LogP contribution in [0.25, 0.3) is 0 Å². The van der Waals surface area contributed by atoms with Gasteiger partial charge >= 0.3 is 6.09 Å². The van der Waals surface area contributed by atoms with Crippen molar-refractivity contribution in [2.24, 2.45) is 0 Å². The number of likely N-dealkylation sites (tertiary alicyclic amines) is 1. The van der Waals surface area contributed by atoms with Gasteiger partial charge < -0.3 is 9.64 Å². The molecular weight excluding hydrogens is 254 g/mol. The maximum absolute atomic E-state index is 12.1. The molecule has 1 aromatic carbocycles. The van der Waals surface area contributed by atoms with Gasteiger partial charge in [-0.2, -0.15) is 0 Å². The molecule has 1 aliphatic heterocycles. The molecule has 108 valence electrons. The standard InChI is InChI=1S/C16H21NO3/c1-16(2,3)20-15(19)17-10-9-14(18)13(11-17)12-7-5-4-6-8-12/h4-8,13H,9-11H2,1-3H3/t13-/m0/s1. The lowest BCUT2D eigenvalue weighted by atomic mass is 9.89. The summed E-state index contributed by atoms with van der Waals surface area (Å²) < 4.78 is 5.37. The van der Waals surface area contributed by atoms with Gasteiger partial charge in [-0.15, -0.1) is 0 Å². The van der Waals surface area contributed by atoms with E-state index in [0.717, 1.165) is 5.56 Å². The number of benzene rings is 1. The Kier molecular flexibility index (Phi) is 4.12. The van der Waals surface area contributed by atoms with E-state index in [1.807, 2.05) is 51.1 Å². The van der Waals surface area contributed by atoms with Crippen LogP contribution in [0.1, 0.15) is 38.7 Å². The molecule has 0 saturated carbocycles. The number of hydrogen-bond donors (Lipinski definition) is 0. The average Bonchev–Trinajstić information content (AvgIpc) is 2.38. The van der Waals surface area contributed by atoms with Gasteiger partial charge in [-0.05, 0) is 26.3 Å². The third-order valence-electron chi connectivity index (χ3n) is 3.27. The first kappa shape index (κ1) is 14.6. The SMILES string of the molecule is CC(C)(C)OC(=O)N1CCC(=O)[C@H](c2ccccc2)C1. The maximum atomic E-state index is 12.1. The molecule has 1 saturated heterocycles.